The summed E-state index contributed by atoms with van der Waals surface area (Å²) in [4.78, 5) is 0. The van der Waals surface area contributed by atoms with Gasteiger partial charge in [-0.1, -0.05) is 32.4 Å². The normalized spacial score (nSPS) is 14.6. The Labute approximate surface area is 77.4 Å². The fourth-order valence-corrected chi connectivity index (χ4v) is 1.61. The van der Waals surface area contributed by atoms with Gasteiger partial charge in [0.1, 0.15) is 0 Å². The first-order valence-electron chi connectivity index (χ1n) is 5.05. The van der Waals surface area contributed by atoms with Gasteiger partial charge < -0.3 is 0 Å². The molecule has 0 aromatic rings. The molecule has 0 aromatic heterocycles. The van der Waals surface area contributed by atoms with Crippen molar-refractivity contribution in [2.45, 2.75) is 53.9 Å². The van der Waals surface area contributed by atoms with Crippen molar-refractivity contribution >= 4 is 0 Å². The van der Waals surface area contributed by atoms with Crippen LogP contribution in [0.2, 0.25) is 0 Å². The molecule has 0 rings (SSSR count). The first-order valence-corrected chi connectivity index (χ1v) is 5.05. The lowest BCUT2D eigenvalue weighted by atomic mass is 9.95. The predicted octanol–water partition coefficient (Wildman–Crippen LogP) is 4.48. The lowest BCUT2D eigenvalue weighted by Crippen LogP contribution is -1.91. The first-order chi connectivity index (χ1) is 5.71. The second kappa shape index (κ2) is 6.05. The molecule has 0 unspecified atom stereocenters. The van der Waals surface area contributed by atoms with Crippen LogP contribution in [0, 0.1) is 0 Å². The van der Waals surface area contributed by atoms with Crippen LogP contribution in [0.25, 0.3) is 0 Å². The third-order valence-electron chi connectivity index (χ3n) is 2.52. The molecule has 0 atom stereocenters. The van der Waals surface area contributed by atoms with Gasteiger partial charge in [0.2, 0.25) is 0 Å². The number of rotatable bonds is 4. The smallest absolute Gasteiger partial charge is 0.0305 e. The molecule has 0 heterocycles. The highest BCUT2D eigenvalue weighted by Gasteiger charge is 2.02. The molecule has 0 amide bonds. The maximum Gasteiger partial charge on any atom is -0.0305 e. The van der Waals surface area contributed by atoms with Crippen molar-refractivity contribution < 1.29 is 0 Å². The third-order valence-corrected chi connectivity index (χ3v) is 2.52. The largest absolute Gasteiger partial charge is 0.0842 e. The SMILES string of the molecule is C/C=C(CC)\C(CC)=C(/C)CC. The van der Waals surface area contributed by atoms with Gasteiger partial charge in [0.25, 0.3) is 0 Å². The Morgan fingerprint density at radius 1 is 1.00 bits per heavy atom. The van der Waals surface area contributed by atoms with E-state index in [0.29, 0.717) is 0 Å². The second-order valence-corrected chi connectivity index (χ2v) is 3.13. The summed E-state index contributed by atoms with van der Waals surface area (Å²) >= 11 is 0. The lowest BCUT2D eigenvalue weighted by molar-refractivity contribution is 0.954. The minimum atomic E-state index is 1.16. The summed E-state index contributed by atoms with van der Waals surface area (Å²) in [6, 6.07) is 0. The molecule has 0 saturated carbocycles. The van der Waals surface area contributed by atoms with E-state index in [9.17, 15) is 0 Å². The molecule has 70 valence electrons. The minimum absolute atomic E-state index is 1.16. The molecule has 0 bridgehead atoms. The van der Waals surface area contributed by atoms with Crippen molar-refractivity contribution in [1.82, 2.24) is 0 Å². The first kappa shape index (κ1) is 11.5. The Balaban J connectivity index is 4.76. The quantitative estimate of drug-likeness (QED) is 0.540. The van der Waals surface area contributed by atoms with E-state index in [1.54, 1.807) is 11.1 Å². The van der Waals surface area contributed by atoms with Crippen LogP contribution in [0.15, 0.2) is 22.8 Å². The van der Waals surface area contributed by atoms with Crippen molar-refractivity contribution in [2.75, 3.05) is 0 Å². The van der Waals surface area contributed by atoms with Crippen LogP contribution in [0.3, 0.4) is 0 Å². The van der Waals surface area contributed by atoms with E-state index in [2.05, 4.69) is 40.7 Å². The molecular weight excluding hydrogens is 144 g/mol. The molecule has 0 spiro atoms. The summed E-state index contributed by atoms with van der Waals surface area (Å²) < 4.78 is 0. The average molecular weight is 166 g/mol. The van der Waals surface area contributed by atoms with E-state index in [-0.39, 0.29) is 0 Å². The molecule has 0 aromatic carbocycles. The summed E-state index contributed by atoms with van der Waals surface area (Å²) in [5.74, 6) is 0. The van der Waals surface area contributed by atoms with Gasteiger partial charge in [0.05, 0.1) is 0 Å². The topological polar surface area (TPSA) is 0 Å². The van der Waals surface area contributed by atoms with Gasteiger partial charge >= 0.3 is 0 Å². The van der Waals surface area contributed by atoms with Crippen molar-refractivity contribution in [1.29, 1.82) is 0 Å². The highest BCUT2D eigenvalue weighted by atomic mass is 14.1. The predicted molar refractivity (Wildman–Crippen MR) is 57.3 cm³/mol. The van der Waals surface area contributed by atoms with E-state index in [1.807, 2.05) is 0 Å². The molecule has 0 heteroatoms. The minimum Gasteiger partial charge on any atom is -0.0842 e. The fraction of sp³-hybridized carbons (Fsp3) is 0.667. The molecule has 0 N–H and O–H groups in total. The maximum atomic E-state index is 2.25. The molecule has 0 nitrogen and oxygen atoms in total. The molecule has 0 fully saturated rings. The van der Waals surface area contributed by atoms with Crippen LogP contribution in [0.4, 0.5) is 0 Å². The molecule has 0 aliphatic rings. The Bertz CT molecular complexity index is 175. The van der Waals surface area contributed by atoms with Gasteiger partial charge in [-0.05, 0) is 44.3 Å². The van der Waals surface area contributed by atoms with Crippen molar-refractivity contribution in [3.8, 4) is 0 Å². The maximum absolute atomic E-state index is 2.25. The lowest BCUT2D eigenvalue weighted by Gasteiger charge is -2.11. The summed E-state index contributed by atoms with van der Waals surface area (Å²) in [5.41, 5.74) is 4.65. The summed E-state index contributed by atoms with van der Waals surface area (Å²) in [6.07, 6.45) is 5.77. The van der Waals surface area contributed by atoms with Gasteiger partial charge in [-0.15, -0.1) is 0 Å². The summed E-state index contributed by atoms with van der Waals surface area (Å²) in [7, 11) is 0. The van der Waals surface area contributed by atoms with Crippen LogP contribution in [-0.2, 0) is 0 Å². The Hall–Kier alpha value is -0.520. The monoisotopic (exact) mass is 166 g/mol. The van der Waals surface area contributed by atoms with Crippen molar-refractivity contribution in [3.63, 3.8) is 0 Å². The van der Waals surface area contributed by atoms with E-state index >= 15 is 0 Å². The zero-order valence-corrected chi connectivity index (χ0v) is 9.20. The van der Waals surface area contributed by atoms with E-state index in [1.165, 1.54) is 18.4 Å². The van der Waals surface area contributed by atoms with Crippen LogP contribution in [-0.4, -0.2) is 0 Å². The highest BCUT2D eigenvalue weighted by molar-refractivity contribution is 5.33. The number of hydrogen-bond acceptors (Lipinski definition) is 0. The van der Waals surface area contributed by atoms with Crippen LogP contribution in [0.1, 0.15) is 53.9 Å². The van der Waals surface area contributed by atoms with Crippen molar-refractivity contribution in [2.24, 2.45) is 0 Å². The van der Waals surface area contributed by atoms with Gasteiger partial charge in [0, 0.05) is 0 Å². The van der Waals surface area contributed by atoms with Gasteiger partial charge in [-0.2, -0.15) is 0 Å². The molecular formula is C12H22. The molecule has 0 saturated heterocycles. The van der Waals surface area contributed by atoms with Crippen LogP contribution >= 0.6 is 0 Å². The molecule has 0 radical (unpaired) electrons. The Morgan fingerprint density at radius 2 is 1.58 bits per heavy atom. The highest BCUT2D eigenvalue weighted by Crippen LogP contribution is 2.22. The van der Waals surface area contributed by atoms with Crippen LogP contribution < -0.4 is 0 Å². The van der Waals surface area contributed by atoms with Gasteiger partial charge in [-0.25, -0.2) is 0 Å². The number of hydrogen-bond donors (Lipinski definition) is 0. The second-order valence-electron chi connectivity index (χ2n) is 3.13. The van der Waals surface area contributed by atoms with Crippen LogP contribution in [0.5, 0.6) is 0 Å². The van der Waals surface area contributed by atoms with E-state index in [4.69, 9.17) is 0 Å². The number of allylic oxidation sites excluding steroid dienone is 4. The third kappa shape index (κ3) is 2.84. The Morgan fingerprint density at radius 3 is 1.83 bits per heavy atom. The van der Waals surface area contributed by atoms with E-state index < -0.39 is 0 Å². The summed E-state index contributed by atoms with van der Waals surface area (Å²) in [6.45, 7) is 11.1. The molecule has 0 aliphatic carbocycles. The zero-order valence-electron chi connectivity index (χ0n) is 9.20. The van der Waals surface area contributed by atoms with E-state index in [0.717, 1.165) is 6.42 Å². The van der Waals surface area contributed by atoms with Gasteiger partial charge in [-0.3, -0.25) is 0 Å². The average Bonchev–Trinajstić information content (AvgIpc) is 2.12. The molecule has 0 aliphatic heterocycles. The van der Waals surface area contributed by atoms with Gasteiger partial charge in [0.15, 0.2) is 0 Å². The summed E-state index contributed by atoms with van der Waals surface area (Å²) in [5, 5.41) is 0. The Kier molecular flexibility index (Phi) is 5.79. The van der Waals surface area contributed by atoms with Crippen molar-refractivity contribution in [3.05, 3.63) is 22.8 Å². The standard InChI is InChI=1S/C12H22/c1-6-10(5)12(9-4)11(7-2)8-3/h7H,6,8-9H2,1-5H3/b11-7-,12-10+. The fourth-order valence-electron chi connectivity index (χ4n) is 1.61. The molecule has 12 heavy (non-hydrogen) atoms. The zero-order chi connectivity index (χ0) is 9.56.